The number of para-hydroxylation sites is 1. The van der Waals surface area contributed by atoms with Crippen molar-refractivity contribution < 1.29 is 14.4 Å². The number of likely N-dealkylation sites (tertiary alicyclic amines) is 1. The fourth-order valence-corrected chi connectivity index (χ4v) is 4.30. The molecule has 2 aliphatic rings. The van der Waals surface area contributed by atoms with Gasteiger partial charge in [0.2, 0.25) is 0 Å². The van der Waals surface area contributed by atoms with Crippen LogP contribution in [0.15, 0.2) is 47.3 Å². The highest BCUT2D eigenvalue weighted by Gasteiger charge is 2.37. The number of rotatable bonds is 2. The molecule has 0 spiro atoms. The summed E-state index contributed by atoms with van der Waals surface area (Å²) in [5, 5.41) is 4.77. The van der Waals surface area contributed by atoms with Gasteiger partial charge >= 0.3 is 11.8 Å². The van der Waals surface area contributed by atoms with Gasteiger partial charge in [0.05, 0.1) is 11.3 Å². The molecule has 0 radical (unpaired) electrons. The number of amides is 3. The number of fused-ring (bicyclic) bond motifs is 4. The first-order valence-corrected chi connectivity index (χ1v) is 9.59. The van der Waals surface area contributed by atoms with Crippen LogP contribution in [0, 0.1) is 5.92 Å². The van der Waals surface area contributed by atoms with E-state index in [0.717, 1.165) is 12.1 Å². The normalized spacial score (nSPS) is 19.8. The van der Waals surface area contributed by atoms with Crippen LogP contribution in [0.2, 0.25) is 0 Å². The van der Waals surface area contributed by atoms with Gasteiger partial charge in [-0.05, 0) is 30.5 Å². The molecule has 0 saturated carbocycles. The van der Waals surface area contributed by atoms with Crippen LogP contribution < -0.4 is 16.2 Å². The van der Waals surface area contributed by atoms with Crippen LogP contribution in [0.25, 0.3) is 0 Å². The summed E-state index contributed by atoms with van der Waals surface area (Å²) < 4.78 is 1.82. The smallest absolute Gasteiger partial charge is 0.313 e. The first-order valence-electron chi connectivity index (χ1n) is 9.59. The number of hydrogen-bond acceptors (Lipinski definition) is 4. The quantitative estimate of drug-likeness (QED) is 0.736. The molecule has 3 amide bonds. The van der Waals surface area contributed by atoms with E-state index in [1.807, 2.05) is 10.6 Å². The van der Waals surface area contributed by atoms with Gasteiger partial charge in [0.1, 0.15) is 0 Å². The zero-order chi connectivity index (χ0) is 20.5. The number of nitrogens with one attached hydrogen (secondary N) is 2. The van der Waals surface area contributed by atoms with E-state index in [0.29, 0.717) is 30.9 Å². The Morgan fingerprint density at radius 2 is 1.76 bits per heavy atom. The van der Waals surface area contributed by atoms with Crippen LogP contribution >= 0.6 is 0 Å². The Bertz CT molecular complexity index is 1040. The zero-order valence-electron chi connectivity index (χ0n) is 16.1. The largest absolute Gasteiger partial charge is 0.351 e. The standard InChI is InChI=1S/C21H22N4O4/c1-22-19(27)20(28)23-16-6-3-2-5-15(16)21(29)24-10-13-9-14(12-24)17-7-4-8-18(26)25(17)11-13/h2-8,13-14H,9-12H2,1H3,(H,22,27)(H,23,28). The molecular weight excluding hydrogens is 372 g/mol. The van der Waals surface area contributed by atoms with Gasteiger partial charge in [-0.3, -0.25) is 19.2 Å². The monoisotopic (exact) mass is 394 g/mol. The molecule has 8 nitrogen and oxygen atoms in total. The first-order chi connectivity index (χ1) is 14.0. The summed E-state index contributed by atoms with van der Waals surface area (Å²) >= 11 is 0. The van der Waals surface area contributed by atoms with Crippen LogP contribution in [-0.2, 0) is 16.1 Å². The Morgan fingerprint density at radius 1 is 0.966 bits per heavy atom. The highest BCUT2D eigenvalue weighted by Crippen LogP contribution is 2.35. The van der Waals surface area contributed by atoms with Gasteiger partial charge in [-0.2, -0.15) is 0 Å². The SMILES string of the molecule is CNC(=O)C(=O)Nc1ccccc1C(=O)N1CC2CC(C1)c1cccc(=O)n1C2. The van der Waals surface area contributed by atoms with Gasteiger partial charge in [0.25, 0.3) is 11.5 Å². The highest BCUT2D eigenvalue weighted by molar-refractivity contribution is 6.39. The second kappa shape index (κ2) is 7.54. The number of carbonyl (C=O) groups excluding carboxylic acids is 3. The maximum Gasteiger partial charge on any atom is 0.313 e. The van der Waals surface area contributed by atoms with Crippen molar-refractivity contribution in [3.63, 3.8) is 0 Å². The van der Waals surface area contributed by atoms with Gasteiger partial charge < -0.3 is 20.1 Å². The van der Waals surface area contributed by atoms with Crippen molar-refractivity contribution in [3.05, 3.63) is 64.1 Å². The van der Waals surface area contributed by atoms with E-state index in [9.17, 15) is 19.2 Å². The van der Waals surface area contributed by atoms with Crippen molar-refractivity contribution in [2.75, 3.05) is 25.5 Å². The molecule has 2 atom stereocenters. The third-order valence-electron chi connectivity index (χ3n) is 5.61. The molecule has 1 aromatic carbocycles. The molecule has 1 aromatic heterocycles. The molecule has 2 N–H and O–H groups in total. The number of pyridine rings is 1. The topological polar surface area (TPSA) is 101 Å². The number of likely N-dealkylation sites (N-methyl/N-ethyl adjacent to an activating group) is 1. The Balaban J connectivity index is 1.58. The lowest BCUT2D eigenvalue weighted by Gasteiger charge is -2.42. The number of piperidine rings is 1. The van der Waals surface area contributed by atoms with Gasteiger partial charge in [-0.25, -0.2) is 0 Å². The lowest BCUT2D eigenvalue weighted by molar-refractivity contribution is -0.135. The van der Waals surface area contributed by atoms with Crippen LogP contribution in [0.1, 0.15) is 28.4 Å². The van der Waals surface area contributed by atoms with Crippen molar-refractivity contribution >= 4 is 23.4 Å². The number of carbonyl (C=O) groups is 3. The second-order valence-corrected chi connectivity index (χ2v) is 7.49. The van der Waals surface area contributed by atoms with Crippen molar-refractivity contribution in [1.82, 2.24) is 14.8 Å². The molecule has 2 aromatic rings. The third kappa shape index (κ3) is 3.53. The Morgan fingerprint density at radius 3 is 2.55 bits per heavy atom. The summed E-state index contributed by atoms with van der Waals surface area (Å²) in [4.78, 5) is 50.7. The van der Waals surface area contributed by atoms with Crippen molar-refractivity contribution in [2.24, 2.45) is 5.92 Å². The number of nitrogens with zero attached hydrogens (tertiary/aromatic N) is 2. The number of benzene rings is 1. The van der Waals surface area contributed by atoms with E-state index >= 15 is 0 Å². The van der Waals surface area contributed by atoms with E-state index in [4.69, 9.17) is 0 Å². The molecule has 3 heterocycles. The lowest BCUT2D eigenvalue weighted by atomic mass is 9.83. The minimum atomic E-state index is -0.823. The number of anilines is 1. The Labute approximate surface area is 167 Å². The minimum Gasteiger partial charge on any atom is -0.351 e. The molecule has 1 fully saturated rings. The molecule has 8 heteroatoms. The summed E-state index contributed by atoms with van der Waals surface area (Å²) in [5.74, 6) is -1.48. The first kappa shape index (κ1) is 18.9. The second-order valence-electron chi connectivity index (χ2n) is 7.49. The predicted molar refractivity (Wildman–Crippen MR) is 107 cm³/mol. The minimum absolute atomic E-state index is 0.000708. The van der Waals surface area contributed by atoms with Crippen LogP contribution in [-0.4, -0.2) is 47.3 Å². The Kier molecular flexibility index (Phi) is 4.92. The summed E-state index contributed by atoms with van der Waals surface area (Å²) in [6.07, 6.45) is 0.947. The maximum absolute atomic E-state index is 13.3. The highest BCUT2D eigenvalue weighted by atomic mass is 16.2. The molecule has 4 rings (SSSR count). The van der Waals surface area contributed by atoms with Gasteiger partial charge in [0.15, 0.2) is 0 Å². The summed E-state index contributed by atoms with van der Waals surface area (Å²) in [7, 11) is 1.37. The molecular formula is C21H22N4O4. The van der Waals surface area contributed by atoms with E-state index in [1.54, 1.807) is 41.3 Å². The van der Waals surface area contributed by atoms with Crippen molar-refractivity contribution in [1.29, 1.82) is 0 Å². The van der Waals surface area contributed by atoms with Crippen molar-refractivity contribution in [3.8, 4) is 0 Å². The molecule has 2 bridgehead atoms. The molecule has 0 aliphatic carbocycles. The van der Waals surface area contributed by atoms with Gasteiger partial charge in [0, 0.05) is 44.4 Å². The summed E-state index contributed by atoms with van der Waals surface area (Å²) in [6.45, 7) is 1.66. The Hall–Kier alpha value is -3.42. The fourth-order valence-electron chi connectivity index (χ4n) is 4.30. The summed E-state index contributed by atoms with van der Waals surface area (Å²) in [6, 6.07) is 12.0. The van der Waals surface area contributed by atoms with Crippen LogP contribution in [0.3, 0.4) is 0 Å². The molecule has 2 unspecified atom stereocenters. The molecule has 2 aliphatic heterocycles. The third-order valence-corrected chi connectivity index (χ3v) is 5.61. The zero-order valence-corrected chi connectivity index (χ0v) is 16.1. The number of hydrogen-bond donors (Lipinski definition) is 2. The van der Waals surface area contributed by atoms with E-state index in [1.165, 1.54) is 7.05 Å². The van der Waals surface area contributed by atoms with Crippen LogP contribution in [0.4, 0.5) is 5.69 Å². The molecule has 1 saturated heterocycles. The fraction of sp³-hybridized carbons (Fsp3) is 0.333. The van der Waals surface area contributed by atoms with Crippen molar-refractivity contribution in [2.45, 2.75) is 18.9 Å². The predicted octanol–water partition coefficient (Wildman–Crippen LogP) is 0.792. The molecule has 150 valence electrons. The van der Waals surface area contributed by atoms with Gasteiger partial charge in [-0.1, -0.05) is 18.2 Å². The van der Waals surface area contributed by atoms with E-state index < -0.39 is 11.8 Å². The average molecular weight is 394 g/mol. The maximum atomic E-state index is 13.3. The van der Waals surface area contributed by atoms with Crippen LogP contribution in [0.5, 0.6) is 0 Å². The lowest BCUT2D eigenvalue weighted by Crippen LogP contribution is -2.49. The van der Waals surface area contributed by atoms with E-state index in [-0.39, 0.29) is 23.3 Å². The molecule has 29 heavy (non-hydrogen) atoms. The summed E-state index contributed by atoms with van der Waals surface area (Å²) in [5.41, 5.74) is 1.61. The number of aromatic nitrogens is 1. The van der Waals surface area contributed by atoms with Gasteiger partial charge in [-0.15, -0.1) is 0 Å². The average Bonchev–Trinajstić information content (AvgIpc) is 2.73. The van der Waals surface area contributed by atoms with E-state index in [2.05, 4.69) is 10.6 Å².